The Bertz CT molecular complexity index is 294. The van der Waals surface area contributed by atoms with Crippen LogP contribution in [0.25, 0.3) is 0 Å². The molecule has 0 radical (unpaired) electrons. The fourth-order valence-corrected chi connectivity index (χ4v) is 0.773. The number of aldehydes is 1. The maximum Gasteiger partial charge on any atom is 0.144 e. The number of phenolic OH excluding ortho intramolecular Hbond substituents is 1. The number of para-hydroxylation sites is 2. The van der Waals surface area contributed by atoms with Crippen LogP contribution in [0.3, 0.4) is 0 Å². The topological polar surface area (TPSA) is 49.3 Å². The summed E-state index contributed by atoms with van der Waals surface area (Å²) in [5.41, 5.74) is 0.579. The molecule has 0 aliphatic carbocycles. The summed E-state index contributed by atoms with van der Waals surface area (Å²) in [6.45, 7) is 0. The third kappa shape index (κ3) is 2.12. The lowest BCUT2D eigenvalue weighted by Crippen LogP contribution is -1.86. The first-order valence-electron chi connectivity index (χ1n) is 3.49. The highest BCUT2D eigenvalue weighted by Gasteiger charge is 1.93. The molecule has 0 saturated heterocycles. The van der Waals surface area contributed by atoms with Gasteiger partial charge in [0, 0.05) is 6.20 Å². The van der Waals surface area contributed by atoms with E-state index in [1.165, 1.54) is 12.3 Å². The van der Waals surface area contributed by atoms with Crippen molar-refractivity contribution in [3.63, 3.8) is 0 Å². The van der Waals surface area contributed by atoms with Crippen LogP contribution in [0.2, 0.25) is 0 Å². The van der Waals surface area contributed by atoms with Crippen molar-refractivity contribution in [2.75, 3.05) is 5.32 Å². The zero-order valence-electron chi connectivity index (χ0n) is 6.40. The predicted octanol–water partition coefficient (Wildman–Crippen LogP) is 1.52. The number of rotatable bonds is 3. The maximum absolute atomic E-state index is 9.89. The van der Waals surface area contributed by atoms with Gasteiger partial charge in [0.1, 0.15) is 12.0 Å². The minimum atomic E-state index is 0.160. The second kappa shape index (κ2) is 4.18. The lowest BCUT2D eigenvalue weighted by atomic mass is 10.3. The van der Waals surface area contributed by atoms with Gasteiger partial charge in [-0.25, -0.2) is 0 Å². The van der Waals surface area contributed by atoms with E-state index in [1.54, 1.807) is 24.3 Å². The van der Waals surface area contributed by atoms with Gasteiger partial charge >= 0.3 is 0 Å². The Kier molecular flexibility index (Phi) is 2.90. The van der Waals surface area contributed by atoms with Crippen molar-refractivity contribution in [3.05, 3.63) is 36.5 Å². The van der Waals surface area contributed by atoms with Crippen LogP contribution in [-0.4, -0.2) is 11.4 Å². The first-order valence-corrected chi connectivity index (χ1v) is 3.49. The molecule has 0 fully saturated rings. The largest absolute Gasteiger partial charge is 0.506 e. The molecule has 0 saturated carbocycles. The highest BCUT2D eigenvalue weighted by molar-refractivity contribution is 5.66. The second-order valence-corrected chi connectivity index (χ2v) is 2.16. The Morgan fingerprint density at radius 2 is 2.08 bits per heavy atom. The molecule has 0 spiro atoms. The summed E-state index contributed by atoms with van der Waals surface area (Å²) in [6.07, 6.45) is 3.43. The molecule has 0 unspecified atom stereocenters. The monoisotopic (exact) mass is 163 g/mol. The summed E-state index contributed by atoms with van der Waals surface area (Å²) in [5, 5.41) is 12.0. The SMILES string of the molecule is O=C/C=C\Nc1ccccc1O. The quantitative estimate of drug-likeness (QED) is 0.403. The predicted molar refractivity (Wildman–Crippen MR) is 46.9 cm³/mol. The average Bonchev–Trinajstić information content (AvgIpc) is 2.09. The van der Waals surface area contributed by atoms with Crippen LogP contribution in [0, 0.1) is 0 Å². The Labute approximate surface area is 70.3 Å². The van der Waals surface area contributed by atoms with Crippen molar-refractivity contribution in [2.45, 2.75) is 0 Å². The summed E-state index contributed by atoms with van der Waals surface area (Å²) in [6, 6.07) is 6.79. The molecular formula is C9H9NO2. The summed E-state index contributed by atoms with van der Waals surface area (Å²) in [7, 11) is 0. The smallest absolute Gasteiger partial charge is 0.144 e. The molecule has 62 valence electrons. The third-order valence-electron chi connectivity index (χ3n) is 1.32. The number of aromatic hydroxyl groups is 1. The molecule has 1 aromatic rings. The van der Waals surface area contributed by atoms with Gasteiger partial charge < -0.3 is 10.4 Å². The number of nitrogens with one attached hydrogen (secondary N) is 1. The molecule has 0 aliphatic rings. The van der Waals surface area contributed by atoms with Crippen LogP contribution < -0.4 is 5.32 Å². The number of anilines is 1. The number of benzene rings is 1. The standard InChI is InChI=1S/C9H9NO2/c11-7-3-6-10-8-4-1-2-5-9(8)12/h1-7,10,12H/b6-3-. The van der Waals surface area contributed by atoms with Gasteiger partial charge in [0.05, 0.1) is 5.69 Å². The van der Waals surface area contributed by atoms with E-state index in [4.69, 9.17) is 0 Å². The second-order valence-electron chi connectivity index (χ2n) is 2.16. The van der Waals surface area contributed by atoms with Crippen molar-refractivity contribution < 1.29 is 9.90 Å². The van der Waals surface area contributed by atoms with Crippen molar-refractivity contribution in [1.29, 1.82) is 0 Å². The van der Waals surface area contributed by atoms with Crippen LogP contribution in [0.5, 0.6) is 5.75 Å². The van der Waals surface area contributed by atoms with E-state index in [1.807, 2.05) is 0 Å². The van der Waals surface area contributed by atoms with Gasteiger partial charge in [0.25, 0.3) is 0 Å². The fourth-order valence-electron chi connectivity index (χ4n) is 0.773. The minimum absolute atomic E-state index is 0.160. The van der Waals surface area contributed by atoms with E-state index in [0.29, 0.717) is 12.0 Å². The molecule has 0 bridgehead atoms. The van der Waals surface area contributed by atoms with Crippen LogP contribution >= 0.6 is 0 Å². The van der Waals surface area contributed by atoms with Gasteiger partial charge in [0.15, 0.2) is 0 Å². The third-order valence-corrected chi connectivity index (χ3v) is 1.32. The number of allylic oxidation sites excluding steroid dienone is 1. The summed E-state index contributed by atoms with van der Waals surface area (Å²) in [5.74, 6) is 0.160. The molecule has 0 aliphatic heterocycles. The van der Waals surface area contributed by atoms with E-state index >= 15 is 0 Å². The molecule has 3 nitrogen and oxygen atoms in total. The highest BCUT2D eigenvalue weighted by Crippen LogP contribution is 2.20. The summed E-state index contributed by atoms with van der Waals surface area (Å²) in [4.78, 5) is 9.89. The van der Waals surface area contributed by atoms with Crippen molar-refractivity contribution in [1.82, 2.24) is 0 Å². The Morgan fingerprint density at radius 1 is 1.33 bits per heavy atom. The van der Waals surface area contributed by atoms with Crippen LogP contribution in [-0.2, 0) is 4.79 Å². The number of phenols is 1. The number of carbonyl (C=O) groups excluding carboxylic acids is 1. The van der Waals surface area contributed by atoms with Crippen molar-refractivity contribution in [2.24, 2.45) is 0 Å². The lowest BCUT2D eigenvalue weighted by molar-refractivity contribution is -0.104. The molecule has 12 heavy (non-hydrogen) atoms. The van der Waals surface area contributed by atoms with Gasteiger partial charge in [-0.2, -0.15) is 0 Å². The summed E-state index contributed by atoms with van der Waals surface area (Å²) < 4.78 is 0. The number of hydrogen-bond acceptors (Lipinski definition) is 3. The van der Waals surface area contributed by atoms with Gasteiger partial charge in [-0.05, 0) is 18.2 Å². The van der Waals surface area contributed by atoms with Crippen LogP contribution in [0.15, 0.2) is 36.5 Å². The lowest BCUT2D eigenvalue weighted by Gasteiger charge is -2.01. The molecule has 0 heterocycles. The fraction of sp³-hybridized carbons (Fsp3) is 0. The molecule has 1 rings (SSSR count). The molecule has 2 N–H and O–H groups in total. The van der Waals surface area contributed by atoms with Gasteiger partial charge in [-0.3, -0.25) is 4.79 Å². The van der Waals surface area contributed by atoms with Crippen LogP contribution in [0.4, 0.5) is 5.69 Å². The Balaban J connectivity index is 2.69. The normalized spacial score (nSPS) is 10.0. The van der Waals surface area contributed by atoms with E-state index in [9.17, 15) is 9.90 Å². The van der Waals surface area contributed by atoms with Crippen molar-refractivity contribution in [3.8, 4) is 5.75 Å². The van der Waals surface area contributed by atoms with Gasteiger partial charge in [0.2, 0.25) is 0 Å². The molecule has 0 atom stereocenters. The Hall–Kier alpha value is -1.77. The van der Waals surface area contributed by atoms with E-state index in [0.717, 1.165) is 0 Å². The first kappa shape index (κ1) is 8.33. The first-order chi connectivity index (χ1) is 5.84. The molecule has 0 aromatic heterocycles. The van der Waals surface area contributed by atoms with Crippen molar-refractivity contribution >= 4 is 12.0 Å². The molecule has 0 amide bonds. The van der Waals surface area contributed by atoms with Gasteiger partial charge in [-0.15, -0.1) is 0 Å². The zero-order chi connectivity index (χ0) is 8.81. The number of hydrogen-bond donors (Lipinski definition) is 2. The minimum Gasteiger partial charge on any atom is -0.506 e. The Morgan fingerprint density at radius 3 is 2.75 bits per heavy atom. The van der Waals surface area contributed by atoms with Gasteiger partial charge in [-0.1, -0.05) is 12.1 Å². The molecular weight excluding hydrogens is 154 g/mol. The molecule has 3 heteroatoms. The highest BCUT2D eigenvalue weighted by atomic mass is 16.3. The van der Waals surface area contributed by atoms with E-state index in [-0.39, 0.29) is 5.75 Å². The van der Waals surface area contributed by atoms with Crippen LogP contribution in [0.1, 0.15) is 0 Å². The maximum atomic E-state index is 9.89. The molecule has 1 aromatic carbocycles. The summed E-state index contributed by atoms with van der Waals surface area (Å²) >= 11 is 0. The zero-order valence-corrected chi connectivity index (χ0v) is 6.40. The van der Waals surface area contributed by atoms with E-state index in [2.05, 4.69) is 5.32 Å². The van der Waals surface area contributed by atoms with E-state index < -0.39 is 0 Å². The average molecular weight is 163 g/mol. The number of carbonyl (C=O) groups is 1.